The van der Waals surface area contributed by atoms with Gasteiger partial charge in [-0.25, -0.2) is 4.79 Å². The van der Waals surface area contributed by atoms with Crippen molar-refractivity contribution >= 4 is 29.3 Å². The number of fused-ring (bicyclic) bond motifs is 2. The number of alkyl halides is 2. The zero-order valence-corrected chi connectivity index (χ0v) is 17.9. The Kier molecular flexibility index (Phi) is 5.68. The summed E-state index contributed by atoms with van der Waals surface area (Å²) in [5, 5.41) is 12.8. The molecule has 3 aromatic rings. The van der Waals surface area contributed by atoms with Gasteiger partial charge in [0.2, 0.25) is 5.43 Å². The fraction of sp³-hybridized carbons (Fsp3) is 0.304. The number of nitrogens with zero attached hydrogens (tertiary/aromatic N) is 1. The van der Waals surface area contributed by atoms with Crippen molar-refractivity contribution in [2.24, 2.45) is 0 Å². The van der Waals surface area contributed by atoms with E-state index in [1.807, 2.05) is 18.2 Å². The number of aromatic carboxylic acids is 1. The molecule has 1 aliphatic carbocycles. The van der Waals surface area contributed by atoms with Gasteiger partial charge in [0, 0.05) is 30.4 Å². The standard InChI is InChI=1S/C23H20F2N2O4.ClH/c1-11-15-5-2-12(8-13(15)9-26-11)16-6-7-17-19(21(16)31-23(24)25)27(14-3-4-14)10-18(20(17)28)22(29)30;/h2,5-8,10-11,14,23,26H,3-4,9H2,1H3,(H,29,30);1H/t11-;/m1./s1. The van der Waals surface area contributed by atoms with E-state index in [1.54, 1.807) is 10.6 Å². The summed E-state index contributed by atoms with van der Waals surface area (Å²) in [6, 6.07) is 8.98. The van der Waals surface area contributed by atoms with Crippen LogP contribution in [-0.4, -0.2) is 22.3 Å². The van der Waals surface area contributed by atoms with Gasteiger partial charge < -0.3 is 19.7 Å². The first-order valence-electron chi connectivity index (χ1n) is 10.1. The molecule has 1 aliphatic heterocycles. The number of hydrogen-bond acceptors (Lipinski definition) is 4. The molecule has 0 saturated heterocycles. The monoisotopic (exact) mass is 462 g/mol. The van der Waals surface area contributed by atoms with E-state index < -0.39 is 18.0 Å². The molecule has 6 nitrogen and oxygen atoms in total. The van der Waals surface area contributed by atoms with Crippen LogP contribution in [0.15, 0.2) is 41.3 Å². The van der Waals surface area contributed by atoms with Crippen LogP contribution < -0.4 is 15.5 Å². The van der Waals surface area contributed by atoms with Gasteiger partial charge in [-0.05, 0) is 54.7 Å². The lowest BCUT2D eigenvalue weighted by Crippen LogP contribution is -2.19. The van der Waals surface area contributed by atoms with E-state index in [0.29, 0.717) is 17.7 Å². The number of carbonyl (C=O) groups is 1. The van der Waals surface area contributed by atoms with Crippen LogP contribution in [0.4, 0.5) is 8.78 Å². The van der Waals surface area contributed by atoms with Gasteiger partial charge in [0.25, 0.3) is 0 Å². The highest BCUT2D eigenvalue weighted by atomic mass is 35.5. The lowest BCUT2D eigenvalue weighted by atomic mass is 9.96. The molecular weight excluding hydrogens is 442 g/mol. The Balaban J connectivity index is 0.00000245. The fourth-order valence-electron chi connectivity index (χ4n) is 4.37. The van der Waals surface area contributed by atoms with Crippen LogP contribution in [0.2, 0.25) is 0 Å². The van der Waals surface area contributed by atoms with Gasteiger partial charge in [-0.15, -0.1) is 12.4 Å². The summed E-state index contributed by atoms with van der Waals surface area (Å²) in [6.07, 6.45) is 2.80. The topological polar surface area (TPSA) is 80.6 Å². The van der Waals surface area contributed by atoms with Crippen molar-refractivity contribution in [1.29, 1.82) is 0 Å². The maximum absolute atomic E-state index is 13.5. The molecule has 2 heterocycles. The van der Waals surface area contributed by atoms with E-state index in [1.165, 1.54) is 12.3 Å². The van der Waals surface area contributed by atoms with Crippen LogP contribution in [-0.2, 0) is 6.54 Å². The van der Waals surface area contributed by atoms with E-state index in [0.717, 1.165) is 24.0 Å². The molecule has 0 unspecified atom stereocenters. The van der Waals surface area contributed by atoms with Gasteiger partial charge in [-0.1, -0.05) is 12.1 Å². The summed E-state index contributed by atoms with van der Waals surface area (Å²) in [7, 11) is 0. The summed E-state index contributed by atoms with van der Waals surface area (Å²) in [5.41, 5.74) is 2.49. The van der Waals surface area contributed by atoms with Crippen molar-refractivity contribution in [3.8, 4) is 16.9 Å². The number of nitrogens with one attached hydrogen (secondary N) is 1. The Hall–Kier alpha value is -2.97. The minimum atomic E-state index is -3.10. The molecular formula is C23H21ClF2N2O4. The predicted octanol–water partition coefficient (Wildman–Crippen LogP) is 4.89. The Morgan fingerprint density at radius 2 is 2.00 bits per heavy atom. The molecule has 0 amide bonds. The van der Waals surface area contributed by atoms with E-state index in [-0.39, 0.29) is 46.7 Å². The zero-order valence-electron chi connectivity index (χ0n) is 17.1. The molecule has 2 aromatic carbocycles. The average molecular weight is 463 g/mol. The maximum Gasteiger partial charge on any atom is 0.387 e. The van der Waals surface area contributed by atoms with Gasteiger partial charge in [-0.2, -0.15) is 8.78 Å². The molecule has 5 rings (SSSR count). The number of halogens is 3. The molecule has 0 spiro atoms. The number of carboxylic acids is 1. The molecule has 1 fully saturated rings. The minimum absolute atomic E-state index is 0. The minimum Gasteiger partial charge on any atom is -0.477 e. The van der Waals surface area contributed by atoms with Crippen molar-refractivity contribution in [2.45, 2.75) is 45.0 Å². The fourth-order valence-corrected chi connectivity index (χ4v) is 4.37. The Morgan fingerprint density at radius 1 is 1.25 bits per heavy atom. The largest absolute Gasteiger partial charge is 0.477 e. The summed E-state index contributed by atoms with van der Waals surface area (Å²) >= 11 is 0. The van der Waals surface area contributed by atoms with Gasteiger partial charge in [0.05, 0.1) is 10.9 Å². The molecule has 9 heteroatoms. The zero-order chi connectivity index (χ0) is 21.9. The van der Waals surface area contributed by atoms with Crippen LogP contribution in [0.25, 0.3) is 22.0 Å². The second kappa shape index (κ2) is 8.18. The third-order valence-electron chi connectivity index (χ3n) is 6.04. The van der Waals surface area contributed by atoms with E-state index >= 15 is 0 Å². The normalized spacial score (nSPS) is 17.3. The second-order valence-electron chi connectivity index (χ2n) is 8.05. The lowest BCUT2D eigenvalue weighted by Gasteiger charge is -2.19. The van der Waals surface area contributed by atoms with E-state index in [9.17, 15) is 23.5 Å². The number of benzene rings is 2. The Morgan fingerprint density at radius 3 is 2.66 bits per heavy atom. The first kappa shape index (κ1) is 22.2. The molecule has 0 radical (unpaired) electrons. The summed E-state index contributed by atoms with van der Waals surface area (Å²) in [6.45, 7) is -0.360. The van der Waals surface area contributed by atoms with Crippen molar-refractivity contribution in [3.63, 3.8) is 0 Å². The Labute approximate surface area is 188 Å². The maximum atomic E-state index is 13.5. The van der Waals surface area contributed by atoms with Gasteiger partial charge >= 0.3 is 12.6 Å². The molecule has 2 aliphatic rings. The van der Waals surface area contributed by atoms with Gasteiger partial charge in [0.15, 0.2) is 5.75 Å². The third kappa shape index (κ3) is 3.63. The van der Waals surface area contributed by atoms with Crippen molar-refractivity contribution < 1.29 is 23.4 Å². The van der Waals surface area contributed by atoms with Gasteiger partial charge in [0.1, 0.15) is 5.56 Å². The summed E-state index contributed by atoms with van der Waals surface area (Å²) in [5.74, 6) is -1.45. The van der Waals surface area contributed by atoms with Crippen molar-refractivity contribution in [2.75, 3.05) is 0 Å². The number of ether oxygens (including phenoxy) is 1. The van der Waals surface area contributed by atoms with Crippen molar-refractivity contribution in [1.82, 2.24) is 9.88 Å². The molecule has 1 aromatic heterocycles. The Bertz CT molecular complexity index is 1290. The lowest BCUT2D eigenvalue weighted by molar-refractivity contribution is -0.0486. The van der Waals surface area contributed by atoms with Crippen LogP contribution in [0.3, 0.4) is 0 Å². The van der Waals surface area contributed by atoms with Crippen LogP contribution in [0, 0.1) is 0 Å². The molecule has 1 saturated carbocycles. The highest BCUT2D eigenvalue weighted by molar-refractivity contribution is 5.97. The smallest absolute Gasteiger partial charge is 0.387 e. The predicted molar refractivity (Wildman–Crippen MR) is 118 cm³/mol. The van der Waals surface area contributed by atoms with Crippen LogP contribution in [0.1, 0.15) is 53.3 Å². The number of aromatic nitrogens is 1. The summed E-state index contributed by atoms with van der Waals surface area (Å²) in [4.78, 5) is 24.4. The highest BCUT2D eigenvalue weighted by Gasteiger charge is 2.30. The second-order valence-corrected chi connectivity index (χ2v) is 8.05. The number of carboxylic acid groups (broad SMARTS) is 1. The quantitative estimate of drug-likeness (QED) is 0.564. The van der Waals surface area contributed by atoms with E-state index in [2.05, 4.69) is 12.2 Å². The SMILES string of the molecule is C[C@H]1NCc2cc(-c3ccc4c(=O)c(C(=O)O)cn(C5CC5)c4c3OC(F)F)ccc21.Cl. The molecule has 168 valence electrons. The van der Waals surface area contributed by atoms with Crippen molar-refractivity contribution in [3.05, 3.63) is 63.4 Å². The first-order chi connectivity index (χ1) is 14.8. The van der Waals surface area contributed by atoms with Crippen LogP contribution >= 0.6 is 12.4 Å². The molecule has 1 atom stereocenters. The molecule has 32 heavy (non-hydrogen) atoms. The van der Waals surface area contributed by atoms with Crippen LogP contribution in [0.5, 0.6) is 5.75 Å². The van der Waals surface area contributed by atoms with E-state index in [4.69, 9.17) is 4.74 Å². The first-order valence-corrected chi connectivity index (χ1v) is 10.1. The van der Waals surface area contributed by atoms with Gasteiger partial charge in [-0.3, -0.25) is 4.79 Å². The highest BCUT2D eigenvalue weighted by Crippen LogP contribution is 2.43. The molecule has 0 bridgehead atoms. The molecule has 2 N–H and O–H groups in total. The number of hydrogen-bond donors (Lipinski definition) is 2. The number of pyridine rings is 1. The summed E-state index contributed by atoms with van der Waals surface area (Å²) < 4.78 is 33.5. The number of rotatable bonds is 5. The average Bonchev–Trinajstić information content (AvgIpc) is 3.51. The third-order valence-corrected chi connectivity index (χ3v) is 6.04.